The van der Waals surface area contributed by atoms with Crippen LogP contribution in [0.4, 0.5) is 0 Å². The molecule has 6 nitrogen and oxygen atoms in total. The summed E-state index contributed by atoms with van der Waals surface area (Å²) in [7, 11) is 0. The van der Waals surface area contributed by atoms with Crippen molar-refractivity contribution in [3.05, 3.63) is 12.2 Å². The summed E-state index contributed by atoms with van der Waals surface area (Å²) >= 11 is 0. The van der Waals surface area contributed by atoms with Crippen LogP contribution in [0.3, 0.4) is 0 Å². The van der Waals surface area contributed by atoms with Gasteiger partial charge in [0.15, 0.2) is 6.10 Å². The highest BCUT2D eigenvalue weighted by molar-refractivity contribution is 5.71. The van der Waals surface area contributed by atoms with E-state index >= 15 is 0 Å². The van der Waals surface area contributed by atoms with Gasteiger partial charge in [-0.1, -0.05) is 232 Å². The quantitative estimate of drug-likeness (QED) is 0.0264. The molecule has 0 saturated heterocycles. The maximum absolute atomic E-state index is 12.7. The Hall–Kier alpha value is -1.85. The number of allylic oxidation sites excluding steroid dienone is 2. The lowest BCUT2D eigenvalue weighted by molar-refractivity contribution is -0.167. The number of carbonyl (C=O) groups is 3. The number of hydrogen-bond donors (Lipinski definition) is 0. The van der Waals surface area contributed by atoms with Crippen LogP contribution in [0.5, 0.6) is 0 Å². The van der Waals surface area contributed by atoms with E-state index in [0.29, 0.717) is 19.3 Å². The Balaban J connectivity index is 4.29. The zero-order chi connectivity index (χ0) is 41.5. The highest BCUT2D eigenvalue weighted by atomic mass is 16.6. The van der Waals surface area contributed by atoms with Crippen LogP contribution in [0.25, 0.3) is 0 Å². The Labute approximate surface area is 354 Å². The fourth-order valence-electron chi connectivity index (χ4n) is 7.42. The molecule has 0 heterocycles. The summed E-state index contributed by atoms with van der Waals surface area (Å²) in [6.45, 7) is 6.61. The van der Waals surface area contributed by atoms with E-state index < -0.39 is 6.10 Å². The van der Waals surface area contributed by atoms with Crippen molar-refractivity contribution in [3.63, 3.8) is 0 Å². The van der Waals surface area contributed by atoms with Crippen LogP contribution in [-0.2, 0) is 28.6 Å². The van der Waals surface area contributed by atoms with E-state index in [2.05, 4.69) is 32.9 Å². The smallest absolute Gasteiger partial charge is 0.306 e. The van der Waals surface area contributed by atoms with Crippen LogP contribution in [0.1, 0.15) is 278 Å². The molecule has 0 amide bonds. The van der Waals surface area contributed by atoms with Crippen molar-refractivity contribution in [1.29, 1.82) is 0 Å². The molecule has 0 aliphatic rings. The van der Waals surface area contributed by atoms with Gasteiger partial charge in [0, 0.05) is 19.3 Å². The van der Waals surface area contributed by atoms with Gasteiger partial charge in [-0.3, -0.25) is 14.4 Å². The Kier molecular flexibility index (Phi) is 45.3. The van der Waals surface area contributed by atoms with Crippen molar-refractivity contribution >= 4 is 17.9 Å². The van der Waals surface area contributed by atoms with Gasteiger partial charge in [-0.05, 0) is 38.5 Å². The van der Waals surface area contributed by atoms with Crippen LogP contribution < -0.4 is 0 Å². The topological polar surface area (TPSA) is 78.9 Å². The van der Waals surface area contributed by atoms with Crippen LogP contribution in [0.15, 0.2) is 12.2 Å². The van der Waals surface area contributed by atoms with E-state index in [9.17, 15) is 14.4 Å². The van der Waals surface area contributed by atoms with Crippen LogP contribution in [-0.4, -0.2) is 37.2 Å². The maximum atomic E-state index is 12.7. The van der Waals surface area contributed by atoms with E-state index in [1.807, 2.05) is 0 Å². The molecule has 1 atom stereocenters. The molecule has 57 heavy (non-hydrogen) atoms. The first-order valence-corrected chi connectivity index (χ1v) is 25.2. The molecule has 0 N–H and O–H groups in total. The molecule has 0 radical (unpaired) electrons. The summed E-state index contributed by atoms with van der Waals surface area (Å²) in [6, 6.07) is 0. The molecule has 0 spiro atoms. The normalized spacial score (nSPS) is 12.0. The van der Waals surface area contributed by atoms with Gasteiger partial charge in [0.25, 0.3) is 0 Å². The first-order chi connectivity index (χ1) is 28.0. The third-order valence-corrected chi connectivity index (χ3v) is 11.3. The Morgan fingerprint density at radius 3 is 0.930 bits per heavy atom. The Morgan fingerprint density at radius 2 is 0.596 bits per heavy atom. The highest BCUT2D eigenvalue weighted by Crippen LogP contribution is 2.16. The van der Waals surface area contributed by atoms with Gasteiger partial charge in [0.1, 0.15) is 13.2 Å². The van der Waals surface area contributed by atoms with Crippen molar-refractivity contribution in [2.45, 2.75) is 284 Å². The average molecular weight is 805 g/mol. The van der Waals surface area contributed by atoms with E-state index in [1.165, 1.54) is 161 Å². The lowest BCUT2D eigenvalue weighted by atomic mass is 10.0. The summed E-state index contributed by atoms with van der Waals surface area (Å²) in [5.74, 6) is -0.868. The van der Waals surface area contributed by atoms with Crippen molar-refractivity contribution in [2.75, 3.05) is 13.2 Å². The van der Waals surface area contributed by atoms with Gasteiger partial charge in [0.2, 0.25) is 0 Å². The largest absolute Gasteiger partial charge is 0.462 e. The molecule has 0 saturated carbocycles. The second-order valence-electron chi connectivity index (χ2n) is 17.1. The van der Waals surface area contributed by atoms with Gasteiger partial charge in [-0.15, -0.1) is 0 Å². The van der Waals surface area contributed by atoms with Crippen LogP contribution in [0.2, 0.25) is 0 Å². The first-order valence-electron chi connectivity index (χ1n) is 25.2. The summed E-state index contributed by atoms with van der Waals surface area (Å²) in [5, 5.41) is 0. The molecule has 6 heteroatoms. The van der Waals surface area contributed by atoms with E-state index in [1.54, 1.807) is 0 Å². The Bertz CT molecular complexity index is 885. The number of esters is 3. The van der Waals surface area contributed by atoms with Crippen molar-refractivity contribution in [3.8, 4) is 0 Å². The minimum Gasteiger partial charge on any atom is -0.462 e. The maximum Gasteiger partial charge on any atom is 0.306 e. The number of unbranched alkanes of at least 4 members (excludes halogenated alkanes) is 33. The number of hydrogen-bond acceptors (Lipinski definition) is 6. The summed E-state index contributed by atoms with van der Waals surface area (Å²) in [5.41, 5.74) is 0. The number of rotatable bonds is 46. The predicted molar refractivity (Wildman–Crippen MR) is 243 cm³/mol. The fourth-order valence-corrected chi connectivity index (χ4v) is 7.42. The lowest BCUT2D eigenvalue weighted by Gasteiger charge is -2.18. The SMILES string of the molecule is CCCC/C=C\CCCCCCC(=O)OCC(COC(=O)CCCCCCCCCCCCCCCCCC)OC(=O)CCCCCCCCCCCCCCC. The van der Waals surface area contributed by atoms with E-state index in [-0.39, 0.29) is 31.1 Å². The molecule has 0 aromatic heterocycles. The average Bonchev–Trinajstić information content (AvgIpc) is 3.21. The van der Waals surface area contributed by atoms with Gasteiger partial charge >= 0.3 is 17.9 Å². The summed E-state index contributed by atoms with van der Waals surface area (Å²) in [6.07, 6.45) is 50.5. The molecule has 0 aromatic carbocycles. The van der Waals surface area contributed by atoms with Crippen molar-refractivity contribution in [2.24, 2.45) is 0 Å². The zero-order valence-corrected chi connectivity index (χ0v) is 38.4. The molecule has 336 valence electrons. The molecule has 0 aromatic rings. The van der Waals surface area contributed by atoms with Gasteiger partial charge in [-0.25, -0.2) is 0 Å². The molecule has 0 fully saturated rings. The van der Waals surface area contributed by atoms with Crippen LogP contribution >= 0.6 is 0 Å². The molecule has 0 aliphatic carbocycles. The molecular weight excluding hydrogens is 709 g/mol. The molecule has 0 bridgehead atoms. The molecule has 1 unspecified atom stereocenters. The third-order valence-electron chi connectivity index (χ3n) is 11.3. The van der Waals surface area contributed by atoms with E-state index in [0.717, 1.165) is 77.0 Å². The minimum absolute atomic E-state index is 0.0684. The second-order valence-corrected chi connectivity index (χ2v) is 17.1. The third kappa shape index (κ3) is 45.1. The lowest BCUT2D eigenvalue weighted by Crippen LogP contribution is -2.30. The van der Waals surface area contributed by atoms with Gasteiger partial charge in [-0.2, -0.15) is 0 Å². The molecular formula is C51H96O6. The molecule has 0 rings (SSSR count). The number of carbonyl (C=O) groups excluding carboxylic acids is 3. The molecule has 0 aliphatic heterocycles. The fraction of sp³-hybridized carbons (Fsp3) is 0.902. The summed E-state index contributed by atoms with van der Waals surface area (Å²) < 4.78 is 16.8. The highest BCUT2D eigenvalue weighted by Gasteiger charge is 2.19. The Morgan fingerprint density at radius 1 is 0.333 bits per heavy atom. The zero-order valence-electron chi connectivity index (χ0n) is 38.4. The number of ether oxygens (including phenoxy) is 3. The second kappa shape index (κ2) is 46.8. The van der Waals surface area contributed by atoms with Crippen molar-refractivity contribution < 1.29 is 28.6 Å². The van der Waals surface area contributed by atoms with Gasteiger partial charge < -0.3 is 14.2 Å². The van der Waals surface area contributed by atoms with Crippen molar-refractivity contribution in [1.82, 2.24) is 0 Å². The summed E-state index contributed by atoms with van der Waals surface area (Å²) in [4.78, 5) is 37.8. The minimum atomic E-state index is -0.766. The van der Waals surface area contributed by atoms with E-state index in [4.69, 9.17) is 14.2 Å². The predicted octanol–water partition coefficient (Wildman–Crippen LogP) is 16.2. The monoisotopic (exact) mass is 805 g/mol. The standard InChI is InChI=1S/C51H96O6/c1-4-7-10-13-16-19-22-24-25-26-28-29-32-35-38-41-44-50(53)56-47-48(46-55-49(52)43-40-37-34-31-21-18-15-12-9-6-3)57-51(54)45-42-39-36-33-30-27-23-20-17-14-11-8-5-2/h15,18,48H,4-14,16-17,19-47H2,1-3H3/b18-15-. The first kappa shape index (κ1) is 55.2. The van der Waals surface area contributed by atoms with Crippen LogP contribution in [0, 0.1) is 0 Å². The van der Waals surface area contributed by atoms with Gasteiger partial charge in [0.05, 0.1) is 0 Å².